The Bertz CT molecular complexity index is 355. The summed E-state index contributed by atoms with van der Waals surface area (Å²) in [6.45, 7) is 8.35. The highest BCUT2D eigenvalue weighted by Gasteiger charge is 2.21. The molecule has 1 aliphatic rings. The molecule has 1 aliphatic heterocycles. The second-order valence-electron chi connectivity index (χ2n) is 5.63. The minimum Gasteiger partial charge on any atom is -0.380 e. The van der Waals surface area contributed by atoms with Gasteiger partial charge < -0.3 is 10.1 Å². The van der Waals surface area contributed by atoms with Crippen molar-refractivity contribution >= 4 is 0 Å². The Morgan fingerprint density at radius 1 is 1.25 bits per heavy atom. The highest BCUT2D eigenvalue weighted by molar-refractivity contribution is 5.14. The maximum atomic E-state index is 5.58. The van der Waals surface area contributed by atoms with Crippen LogP contribution in [0.1, 0.15) is 31.7 Å². The average Bonchev–Trinajstić information content (AvgIpc) is 2.91. The Morgan fingerprint density at radius 3 is 2.90 bits per heavy atom. The first kappa shape index (κ1) is 15.5. The minimum absolute atomic E-state index is 0.633. The lowest BCUT2D eigenvalue weighted by molar-refractivity contribution is 0.131. The first-order chi connectivity index (χ1) is 9.88. The summed E-state index contributed by atoms with van der Waals surface area (Å²) in [7, 11) is 0. The Morgan fingerprint density at radius 2 is 2.10 bits per heavy atom. The van der Waals surface area contributed by atoms with Gasteiger partial charge in [-0.2, -0.15) is 0 Å². The van der Waals surface area contributed by atoms with Crippen LogP contribution in [0.15, 0.2) is 30.3 Å². The van der Waals surface area contributed by atoms with Gasteiger partial charge in [0.2, 0.25) is 0 Å². The van der Waals surface area contributed by atoms with Gasteiger partial charge in [0.1, 0.15) is 0 Å². The number of unbranched alkanes of at least 4 members (excludes halogenated alkanes) is 1. The molecule has 0 radical (unpaired) electrons. The van der Waals surface area contributed by atoms with E-state index in [1.165, 1.54) is 31.4 Å². The van der Waals surface area contributed by atoms with Crippen LogP contribution < -0.4 is 5.32 Å². The van der Waals surface area contributed by atoms with Crippen molar-refractivity contribution in [1.29, 1.82) is 0 Å². The molecule has 1 fully saturated rings. The number of likely N-dealkylation sites (tertiary alicyclic amines) is 1. The molecule has 0 spiro atoms. The highest BCUT2D eigenvalue weighted by Crippen LogP contribution is 2.13. The van der Waals surface area contributed by atoms with Gasteiger partial charge in [0, 0.05) is 38.8 Å². The highest BCUT2D eigenvalue weighted by atomic mass is 16.5. The third kappa shape index (κ3) is 5.61. The smallest absolute Gasteiger partial charge is 0.0591 e. The summed E-state index contributed by atoms with van der Waals surface area (Å²) in [6.07, 6.45) is 3.64. The van der Waals surface area contributed by atoms with E-state index in [4.69, 9.17) is 4.74 Å². The molecule has 1 aromatic carbocycles. The van der Waals surface area contributed by atoms with E-state index in [0.29, 0.717) is 6.04 Å². The van der Waals surface area contributed by atoms with Crippen molar-refractivity contribution in [2.24, 2.45) is 0 Å². The molecule has 0 aliphatic carbocycles. The fourth-order valence-electron chi connectivity index (χ4n) is 2.67. The van der Waals surface area contributed by atoms with Crippen LogP contribution in [0.3, 0.4) is 0 Å². The second kappa shape index (κ2) is 9.11. The van der Waals surface area contributed by atoms with Gasteiger partial charge in [-0.1, -0.05) is 43.7 Å². The summed E-state index contributed by atoms with van der Waals surface area (Å²) in [6, 6.07) is 11.4. The van der Waals surface area contributed by atoms with E-state index in [9.17, 15) is 0 Å². The normalized spacial score (nSPS) is 19.6. The molecule has 0 aromatic heterocycles. The summed E-state index contributed by atoms with van der Waals surface area (Å²) < 4.78 is 5.58. The maximum absolute atomic E-state index is 5.58. The van der Waals surface area contributed by atoms with Gasteiger partial charge >= 0.3 is 0 Å². The third-order valence-electron chi connectivity index (χ3n) is 3.84. The van der Waals surface area contributed by atoms with E-state index >= 15 is 0 Å². The number of nitrogens with zero attached hydrogens (tertiary/aromatic N) is 1. The number of nitrogens with one attached hydrogen (secondary N) is 1. The number of hydrogen-bond donors (Lipinski definition) is 1. The second-order valence-corrected chi connectivity index (χ2v) is 5.63. The van der Waals surface area contributed by atoms with Crippen LogP contribution in [-0.2, 0) is 11.3 Å². The van der Waals surface area contributed by atoms with E-state index in [-0.39, 0.29) is 0 Å². The monoisotopic (exact) mass is 276 g/mol. The Kier molecular flexibility index (Phi) is 7.06. The first-order valence-electron chi connectivity index (χ1n) is 7.96. The van der Waals surface area contributed by atoms with Gasteiger partial charge in [-0.05, 0) is 18.4 Å². The van der Waals surface area contributed by atoms with Gasteiger partial charge in [0.15, 0.2) is 0 Å². The molecule has 3 heteroatoms. The Labute approximate surface area is 123 Å². The van der Waals surface area contributed by atoms with Crippen molar-refractivity contribution in [3.63, 3.8) is 0 Å². The molecule has 20 heavy (non-hydrogen) atoms. The van der Waals surface area contributed by atoms with E-state index in [0.717, 1.165) is 32.8 Å². The fraction of sp³-hybridized carbons (Fsp3) is 0.647. The quantitative estimate of drug-likeness (QED) is 0.702. The van der Waals surface area contributed by atoms with E-state index < -0.39 is 0 Å². The molecule has 0 saturated carbocycles. The third-order valence-corrected chi connectivity index (χ3v) is 3.84. The van der Waals surface area contributed by atoms with Crippen molar-refractivity contribution in [1.82, 2.24) is 10.2 Å². The summed E-state index contributed by atoms with van der Waals surface area (Å²) in [5.41, 5.74) is 1.41. The molecule has 0 bridgehead atoms. The number of ether oxygens (including phenoxy) is 1. The Hall–Kier alpha value is -0.900. The van der Waals surface area contributed by atoms with Crippen molar-refractivity contribution in [3.05, 3.63) is 35.9 Å². The molecule has 1 saturated heterocycles. The zero-order chi connectivity index (χ0) is 14.0. The molecule has 1 unspecified atom stereocenters. The molecule has 1 atom stereocenters. The van der Waals surface area contributed by atoms with Crippen LogP contribution in [0.5, 0.6) is 0 Å². The van der Waals surface area contributed by atoms with E-state index in [1.807, 2.05) is 0 Å². The minimum atomic E-state index is 0.633. The number of benzene rings is 1. The van der Waals surface area contributed by atoms with Crippen LogP contribution in [0.2, 0.25) is 0 Å². The zero-order valence-corrected chi connectivity index (χ0v) is 12.7. The standard InChI is InChI=1S/C17H28N2O/c1-2-3-12-20-13-10-18-17-9-11-19(15-17)14-16-7-5-4-6-8-16/h4-8,17-18H,2-3,9-15H2,1H3. The van der Waals surface area contributed by atoms with Crippen molar-refractivity contribution in [2.45, 2.75) is 38.8 Å². The summed E-state index contributed by atoms with van der Waals surface area (Å²) in [5, 5.41) is 3.61. The predicted molar refractivity (Wildman–Crippen MR) is 83.9 cm³/mol. The zero-order valence-electron chi connectivity index (χ0n) is 12.7. The first-order valence-corrected chi connectivity index (χ1v) is 7.96. The van der Waals surface area contributed by atoms with Crippen LogP contribution >= 0.6 is 0 Å². The molecule has 1 N–H and O–H groups in total. The van der Waals surface area contributed by atoms with Crippen LogP contribution in [0, 0.1) is 0 Å². The molecule has 1 aromatic rings. The van der Waals surface area contributed by atoms with Gasteiger partial charge in [-0.15, -0.1) is 0 Å². The number of hydrogen-bond acceptors (Lipinski definition) is 3. The van der Waals surface area contributed by atoms with Crippen molar-refractivity contribution in [2.75, 3.05) is 32.8 Å². The molecule has 0 amide bonds. The SMILES string of the molecule is CCCCOCCNC1CCN(Cc2ccccc2)C1. The van der Waals surface area contributed by atoms with Crippen LogP contribution in [0.4, 0.5) is 0 Å². The molecule has 112 valence electrons. The summed E-state index contributed by atoms with van der Waals surface area (Å²) >= 11 is 0. The molecule has 1 heterocycles. The van der Waals surface area contributed by atoms with Crippen LogP contribution in [0.25, 0.3) is 0 Å². The fourth-order valence-corrected chi connectivity index (χ4v) is 2.67. The van der Waals surface area contributed by atoms with Gasteiger partial charge in [-0.3, -0.25) is 4.90 Å². The lowest BCUT2D eigenvalue weighted by Gasteiger charge is -2.16. The topological polar surface area (TPSA) is 24.5 Å². The number of rotatable bonds is 9. The molecule has 3 nitrogen and oxygen atoms in total. The van der Waals surface area contributed by atoms with E-state index in [2.05, 4.69) is 47.5 Å². The maximum Gasteiger partial charge on any atom is 0.0591 e. The van der Waals surface area contributed by atoms with Gasteiger partial charge in [-0.25, -0.2) is 0 Å². The van der Waals surface area contributed by atoms with Gasteiger partial charge in [0.25, 0.3) is 0 Å². The largest absolute Gasteiger partial charge is 0.380 e. The van der Waals surface area contributed by atoms with E-state index in [1.54, 1.807) is 0 Å². The van der Waals surface area contributed by atoms with Crippen LogP contribution in [-0.4, -0.2) is 43.8 Å². The molecule has 2 rings (SSSR count). The van der Waals surface area contributed by atoms with Crippen molar-refractivity contribution < 1.29 is 4.74 Å². The Balaban J connectivity index is 1.56. The summed E-state index contributed by atoms with van der Waals surface area (Å²) in [5.74, 6) is 0. The molecular formula is C17H28N2O. The molecular weight excluding hydrogens is 248 g/mol. The predicted octanol–water partition coefficient (Wildman–Crippen LogP) is 2.67. The average molecular weight is 276 g/mol. The van der Waals surface area contributed by atoms with Crippen molar-refractivity contribution in [3.8, 4) is 0 Å². The lowest BCUT2D eigenvalue weighted by atomic mass is 10.2. The summed E-state index contributed by atoms with van der Waals surface area (Å²) in [4.78, 5) is 2.53. The van der Waals surface area contributed by atoms with Gasteiger partial charge in [0.05, 0.1) is 6.61 Å². The lowest BCUT2D eigenvalue weighted by Crippen LogP contribution is -2.34.